The lowest BCUT2D eigenvalue weighted by Crippen LogP contribution is -2.08. The molecular formula is C5H12NOP. The fourth-order valence-electron chi connectivity index (χ4n) is 0.334. The molecule has 0 N–H and O–H groups in total. The van der Waals surface area contributed by atoms with Gasteiger partial charge in [0.25, 0.3) is 0 Å². The lowest BCUT2D eigenvalue weighted by molar-refractivity contribution is -0.117. The summed E-state index contributed by atoms with van der Waals surface area (Å²) in [5, 5.41) is 0. The van der Waals surface area contributed by atoms with Crippen molar-refractivity contribution >= 4 is 15.2 Å². The molecule has 0 aliphatic carbocycles. The van der Waals surface area contributed by atoms with Gasteiger partial charge in [-0.25, -0.2) is 0 Å². The van der Waals surface area contributed by atoms with Crippen LogP contribution >= 0.6 is 9.39 Å². The van der Waals surface area contributed by atoms with Gasteiger partial charge in [-0.05, 0) is 14.0 Å². The monoisotopic (exact) mass is 133 g/mol. The Labute approximate surface area is 52.5 Å². The van der Waals surface area contributed by atoms with Gasteiger partial charge < -0.3 is 0 Å². The second kappa shape index (κ2) is 3.99. The van der Waals surface area contributed by atoms with E-state index in [-0.39, 0.29) is 5.78 Å². The van der Waals surface area contributed by atoms with Crippen molar-refractivity contribution in [1.82, 2.24) is 4.67 Å². The number of hydrogen-bond donors (Lipinski definition) is 0. The topological polar surface area (TPSA) is 20.3 Å². The summed E-state index contributed by atoms with van der Waals surface area (Å²) >= 11 is 0. The second-order valence-corrected chi connectivity index (χ2v) is 2.81. The third-order valence-corrected chi connectivity index (χ3v) is 1.07. The Morgan fingerprint density at radius 3 is 2.38 bits per heavy atom. The van der Waals surface area contributed by atoms with Gasteiger partial charge in [0.2, 0.25) is 0 Å². The van der Waals surface area contributed by atoms with E-state index in [1.807, 2.05) is 11.7 Å². The van der Waals surface area contributed by atoms with Crippen LogP contribution in [0.1, 0.15) is 13.3 Å². The lowest BCUT2D eigenvalue weighted by atomic mass is 10.3. The number of hydrogen-bond acceptors (Lipinski definition) is 2. The average Bonchev–Trinajstić information content (AvgIpc) is 1.61. The van der Waals surface area contributed by atoms with Crippen LogP contribution in [0.3, 0.4) is 0 Å². The molecule has 0 aromatic carbocycles. The van der Waals surface area contributed by atoms with Gasteiger partial charge in [-0.1, -0.05) is 9.39 Å². The summed E-state index contributed by atoms with van der Waals surface area (Å²) in [6.07, 6.45) is 0.653. The van der Waals surface area contributed by atoms with Crippen LogP contribution in [0.15, 0.2) is 0 Å². The molecule has 48 valence electrons. The third kappa shape index (κ3) is 6.06. The van der Waals surface area contributed by atoms with E-state index >= 15 is 0 Å². The van der Waals surface area contributed by atoms with Crippen LogP contribution in [0, 0.1) is 0 Å². The van der Waals surface area contributed by atoms with Gasteiger partial charge in [-0.2, -0.15) is 0 Å². The van der Waals surface area contributed by atoms with Gasteiger partial charge in [-0.15, -0.1) is 0 Å². The first-order valence-electron chi connectivity index (χ1n) is 2.58. The molecule has 3 heteroatoms. The van der Waals surface area contributed by atoms with Crippen LogP contribution in [0.5, 0.6) is 0 Å². The van der Waals surface area contributed by atoms with Crippen LogP contribution in [-0.2, 0) is 4.79 Å². The molecule has 0 aromatic rings. The zero-order valence-corrected chi connectivity index (χ0v) is 6.50. The molecule has 0 amide bonds. The first-order chi connectivity index (χ1) is 3.63. The van der Waals surface area contributed by atoms with Gasteiger partial charge in [0.15, 0.2) is 0 Å². The predicted molar refractivity (Wildman–Crippen MR) is 37.6 cm³/mol. The van der Waals surface area contributed by atoms with Gasteiger partial charge in [0.1, 0.15) is 5.78 Å². The van der Waals surface area contributed by atoms with Crippen LogP contribution in [0.2, 0.25) is 0 Å². The summed E-state index contributed by atoms with van der Waals surface area (Å²) in [6.45, 7) is 2.44. The van der Waals surface area contributed by atoms with Crippen molar-refractivity contribution in [1.29, 1.82) is 0 Å². The van der Waals surface area contributed by atoms with Crippen LogP contribution in [0.25, 0.3) is 0 Å². The molecule has 0 fully saturated rings. The summed E-state index contributed by atoms with van der Waals surface area (Å²) in [5.74, 6) is 0.249. The largest absolute Gasteiger partial charge is 0.300 e. The van der Waals surface area contributed by atoms with Crippen molar-refractivity contribution < 1.29 is 4.79 Å². The fraction of sp³-hybridized carbons (Fsp3) is 0.800. The van der Waals surface area contributed by atoms with E-state index in [1.165, 1.54) is 0 Å². The van der Waals surface area contributed by atoms with Crippen LogP contribution in [0.4, 0.5) is 0 Å². The molecule has 0 heterocycles. The molecular weight excluding hydrogens is 121 g/mol. The van der Waals surface area contributed by atoms with Gasteiger partial charge in [0, 0.05) is 13.0 Å². The highest BCUT2D eigenvalue weighted by atomic mass is 31.0. The maximum absolute atomic E-state index is 10.3. The fourth-order valence-corrected chi connectivity index (χ4v) is 0.463. The summed E-state index contributed by atoms with van der Waals surface area (Å²) in [6, 6.07) is 0. The molecule has 0 spiro atoms. The Morgan fingerprint density at radius 1 is 1.75 bits per heavy atom. The van der Waals surface area contributed by atoms with E-state index in [0.29, 0.717) is 6.42 Å². The molecule has 0 saturated heterocycles. The molecule has 0 radical (unpaired) electrons. The molecule has 0 rings (SSSR count). The highest BCUT2D eigenvalue weighted by molar-refractivity contribution is 7.13. The van der Waals surface area contributed by atoms with E-state index in [9.17, 15) is 4.79 Å². The van der Waals surface area contributed by atoms with Crippen LogP contribution in [-0.4, -0.2) is 24.0 Å². The molecule has 2 nitrogen and oxygen atoms in total. The van der Waals surface area contributed by atoms with Crippen molar-refractivity contribution in [2.45, 2.75) is 13.3 Å². The molecule has 0 bridgehead atoms. The van der Waals surface area contributed by atoms with Gasteiger partial charge in [-0.3, -0.25) is 9.46 Å². The quantitative estimate of drug-likeness (QED) is 0.528. The average molecular weight is 133 g/mol. The summed E-state index contributed by atoms with van der Waals surface area (Å²) in [4.78, 5) is 10.3. The van der Waals surface area contributed by atoms with E-state index < -0.39 is 0 Å². The molecule has 0 aliphatic heterocycles. The highest BCUT2D eigenvalue weighted by Gasteiger charge is 1.92. The summed E-state index contributed by atoms with van der Waals surface area (Å²) < 4.78 is 1.92. The van der Waals surface area contributed by atoms with E-state index in [4.69, 9.17) is 0 Å². The number of rotatable bonds is 3. The summed E-state index contributed by atoms with van der Waals surface area (Å²) in [7, 11) is 4.43. The van der Waals surface area contributed by atoms with Gasteiger partial charge >= 0.3 is 0 Å². The predicted octanol–water partition coefficient (Wildman–Crippen LogP) is 0.687. The zero-order valence-electron chi connectivity index (χ0n) is 5.35. The number of carbonyl (C=O) groups is 1. The normalized spacial score (nSPS) is 10.0. The van der Waals surface area contributed by atoms with Gasteiger partial charge in [0.05, 0.1) is 0 Å². The second-order valence-electron chi connectivity index (χ2n) is 1.93. The molecule has 1 unspecified atom stereocenters. The zero-order chi connectivity index (χ0) is 6.57. The van der Waals surface area contributed by atoms with Crippen molar-refractivity contribution in [2.24, 2.45) is 0 Å². The first-order valence-corrected chi connectivity index (χ1v) is 3.10. The Hall–Kier alpha value is 0.0600. The summed E-state index contributed by atoms with van der Waals surface area (Å²) in [5.41, 5.74) is 0. The smallest absolute Gasteiger partial charge is 0.131 e. The number of Topliss-reactive ketones (excluding diaryl/α,β-unsaturated/α-hetero) is 1. The number of ketones is 1. The molecule has 0 aliphatic rings. The Balaban J connectivity index is 3.05. The van der Waals surface area contributed by atoms with Crippen molar-refractivity contribution in [3.63, 3.8) is 0 Å². The highest BCUT2D eigenvalue weighted by Crippen LogP contribution is 1.93. The Kier molecular flexibility index (Phi) is 4.02. The molecule has 8 heavy (non-hydrogen) atoms. The van der Waals surface area contributed by atoms with E-state index in [0.717, 1.165) is 6.54 Å². The molecule has 1 atom stereocenters. The SMILES string of the molecule is CC(=O)CCN(C)P. The van der Waals surface area contributed by atoms with Crippen LogP contribution < -0.4 is 0 Å². The molecule has 0 saturated carbocycles. The number of carbonyl (C=O) groups excluding carboxylic acids is 1. The Bertz CT molecular complexity index is 82.5. The van der Waals surface area contributed by atoms with E-state index in [2.05, 4.69) is 9.39 Å². The lowest BCUT2D eigenvalue weighted by Gasteiger charge is -2.05. The third-order valence-electron chi connectivity index (χ3n) is 0.817. The molecule has 0 aromatic heterocycles. The first kappa shape index (κ1) is 8.06. The van der Waals surface area contributed by atoms with Crippen molar-refractivity contribution in [3.05, 3.63) is 0 Å². The van der Waals surface area contributed by atoms with Crippen molar-refractivity contribution in [2.75, 3.05) is 13.6 Å². The minimum Gasteiger partial charge on any atom is -0.300 e. The maximum atomic E-state index is 10.3. The van der Waals surface area contributed by atoms with E-state index in [1.54, 1.807) is 6.92 Å². The van der Waals surface area contributed by atoms with Crippen molar-refractivity contribution in [3.8, 4) is 0 Å². The Morgan fingerprint density at radius 2 is 2.25 bits per heavy atom. The minimum absolute atomic E-state index is 0.249. The maximum Gasteiger partial charge on any atom is 0.131 e. The number of nitrogens with zero attached hydrogens (tertiary/aromatic N) is 1. The minimum atomic E-state index is 0.249. The standard InChI is InChI=1S/C5H12NOP/c1-5(7)3-4-6(2)8/h3-4,8H2,1-2H3.